The van der Waals surface area contributed by atoms with Crippen molar-refractivity contribution in [3.05, 3.63) is 54.0 Å². The van der Waals surface area contributed by atoms with Crippen LogP contribution in [0.25, 0.3) is 0 Å². The summed E-state index contributed by atoms with van der Waals surface area (Å²) in [5.41, 5.74) is -0.670. The van der Waals surface area contributed by atoms with Crippen molar-refractivity contribution in [2.75, 3.05) is 5.32 Å². The van der Waals surface area contributed by atoms with Crippen molar-refractivity contribution in [2.24, 2.45) is 0 Å². The zero-order valence-electron chi connectivity index (χ0n) is 11.9. The first-order chi connectivity index (χ1) is 10.8. The standard InChI is InChI=1S/C15H12F3NO4/c1-9(23-14(21)12-3-2-8-22-12)13(20)19-11-6-4-10(5-7-11)15(16,17)18/h2-9H,1H3,(H,19,20)/t9-/m1/s1. The molecule has 1 amide bonds. The lowest BCUT2D eigenvalue weighted by atomic mass is 10.2. The quantitative estimate of drug-likeness (QED) is 0.873. The number of esters is 1. The van der Waals surface area contributed by atoms with Gasteiger partial charge in [-0.3, -0.25) is 4.79 Å². The van der Waals surface area contributed by atoms with Gasteiger partial charge >= 0.3 is 12.1 Å². The van der Waals surface area contributed by atoms with Crippen LogP contribution in [0.2, 0.25) is 0 Å². The lowest BCUT2D eigenvalue weighted by Crippen LogP contribution is -2.29. The van der Waals surface area contributed by atoms with Gasteiger partial charge in [0.05, 0.1) is 11.8 Å². The van der Waals surface area contributed by atoms with Crippen LogP contribution in [0, 0.1) is 0 Å². The molecule has 0 unspecified atom stereocenters. The third kappa shape index (κ3) is 4.35. The minimum absolute atomic E-state index is 0.0563. The van der Waals surface area contributed by atoms with Crippen LogP contribution in [0.15, 0.2) is 47.1 Å². The summed E-state index contributed by atoms with van der Waals surface area (Å²) in [5.74, 6) is -1.55. The van der Waals surface area contributed by atoms with Gasteiger partial charge < -0.3 is 14.5 Å². The molecule has 0 saturated carbocycles. The van der Waals surface area contributed by atoms with Crippen molar-refractivity contribution < 1.29 is 31.9 Å². The van der Waals surface area contributed by atoms with E-state index in [1.165, 1.54) is 25.3 Å². The number of rotatable bonds is 4. The molecule has 23 heavy (non-hydrogen) atoms. The SMILES string of the molecule is C[C@@H](OC(=O)c1ccco1)C(=O)Nc1ccc(C(F)(F)F)cc1. The highest BCUT2D eigenvalue weighted by Gasteiger charge is 2.30. The number of anilines is 1. The van der Waals surface area contributed by atoms with Gasteiger partial charge in [-0.25, -0.2) is 4.79 Å². The van der Waals surface area contributed by atoms with Gasteiger partial charge in [0, 0.05) is 5.69 Å². The highest BCUT2D eigenvalue weighted by molar-refractivity contribution is 5.96. The maximum atomic E-state index is 12.4. The number of carbonyl (C=O) groups is 2. The second-order valence-corrected chi connectivity index (χ2v) is 4.59. The molecule has 122 valence electrons. The Morgan fingerprint density at radius 1 is 1.17 bits per heavy atom. The van der Waals surface area contributed by atoms with Gasteiger partial charge in [-0.1, -0.05) is 0 Å². The molecule has 1 N–H and O–H groups in total. The minimum Gasteiger partial charge on any atom is -0.457 e. The molecule has 5 nitrogen and oxygen atoms in total. The highest BCUT2D eigenvalue weighted by Crippen LogP contribution is 2.29. The molecule has 0 saturated heterocycles. The Morgan fingerprint density at radius 3 is 2.35 bits per heavy atom. The molecular formula is C15H12F3NO4. The molecule has 2 rings (SSSR count). The average molecular weight is 327 g/mol. The van der Waals surface area contributed by atoms with E-state index in [4.69, 9.17) is 9.15 Å². The van der Waals surface area contributed by atoms with Gasteiger partial charge in [-0.15, -0.1) is 0 Å². The maximum absolute atomic E-state index is 12.4. The Labute approximate surface area is 129 Å². The molecule has 0 bridgehead atoms. The fraction of sp³-hybridized carbons (Fsp3) is 0.200. The van der Waals surface area contributed by atoms with E-state index in [2.05, 4.69) is 5.32 Å². The van der Waals surface area contributed by atoms with E-state index in [0.29, 0.717) is 0 Å². The number of carbonyl (C=O) groups excluding carboxylic acids is 2. The molecule has 0 radical (unpaired) electrons. The van der Waals surface area contributed by atoms with E-state index < -0.39 is 29.7 Å². The van der Waals surface area contributed by atoms with Gasteiger partial charge in [0.15, 0.2) is 6.10 Å². The Bertz CT molecular complexity index is 678. The molecule has 1 heterocycles. The van der Waals surface area contributed by atoms with Crippen molar-refractivity contribution in [1.29, 1.82) is 0 Å². The predicted molar refractivity (Wildman–Crippen MR) is 73.7 cm³/mol. The maximum Gasteiger partial charge on any atom is 0.416 e. The van der Waals surface area contributed by atoms with Gasteiger partial charge in [-0.2, -0.15) is 13.2 Å². The lowest BCUT2D eigenvalue weighted by molar-refractivity contribution is -0.137. The molecule has 0 aliphatic rings. The number of furan rings is 1. The van der Waals surface area contributed by atoms with Gasteiger partial charge in [0.25, 0.3) is 5.91 Å². The third-order valence-corrected chi connectivity index (χ3v) is 2.86. The fourth-order valence-corrected chi connectivity index (χ4v) is 1.65. The average Bonchev–Trinajstić information content (AvgIpc) is 3.01. The number of hydrogen-bond acceptors (Lipinski definition) is 4. The van der Waals surface area contributed by atoms with Crippen LogP contribution in [0.3, 0.4) is 0 Å². The number of amides is 1. The van der Waals surface area contributed by atoms with E-state index in [-0.39, 0.29) is 11.4 Å². The molecule has 0 spiro atoms. The van der Waals surface area contributed by atoms with E-state index in [1.54, 1.807) is 0 Å². The largest absolute Gasteiger partial charge is 0.457 e. The number of hydrogen-bond donors (Lipinski definition) is 1. The molecule has 0 fully saturated rings. The van der Waals surface area contributed by atoms with Crippen molar-refractivity contribution in [1.82, 2.24) is 0 Å². The van der Waals surface area contributed by atoms with Crippen LogP contribution in [0.4, 0.5) is 18.9 Å². The summed E-state index contributed by atoms with van der Waals surface area (Å²) < 4.78 is 47.0. The van der Waals surface area contributed by atoms with Gasteiger partial charge in [-0.05, 0) is 43.3 Å². The summed E-state index contributed by atoms with van der Waals surface area (Å²) in [6.07, 6.45) is -4.31. The normalized spacial score (nSPS) is 12.5. The first-order valence-corrected chi connectivity index (χ1v) is 6.50. The molecule has 2 aromatic rings. The fourth-order valence-electron chi connectivity index (χ4n) is 1.65. The van der Waals surface area contributed by atoms with E-state index in [1.807, 2.05) is 0 Å². The summed E-state index contributed by atoms with van der Waals surface area (Å²) >= 11 is 0. The minimum atomic E-state index is -4.45. The monoisotopic (exact) mass is 327 g/mol. The van der Waals surface area contributed by atoms with E-state index >= 15 is 0 Å². The second kappa shape index (κ2) is 6.55. The van der Waals surface area contributed by atoms with Crippen molar-refractivity contribution in [3.8, 4) is 0 Å². The number of alkyl halides is 3. The molecule has 1 aromatic carbocycles. The molecule has 0 aliphatic carbocycles. The zero-order chi connectivity index (χ0) is 17.0. The summed E-state index contributed by atoms with van der Waals surface area (Å²) in [6, 6.07) is 6.78. The summed E-state index contributed by atoms with van der Waals surface area (Å²) in [6.45, 7) is 1.33. The Kier molecular flexibility index (Phi) is 4.73. The molecule has 8 heteroatoms. The van der Waals surface area contributed by atoms with E-state index in [9.17, 15) is 22.8 Å². The van der Waals surface area contributed by atoms with Crippen LogP contribution in [-0.4, -0.2) is 18.0 Å². The number of nitrogens with one attached hydrogen (secondary N) is 1. The summed E-state index contributed by atoms with van der Waals surface area (Å²) in [5, 5.41) is 2.36. The summed E-state index contributed by atoms with van der Waals surface area (Å²) in [7, 11) is 0. The first-order valence-electron chi connectivity index (χ1n) is 6.50. The lowest BCUT2D eigenvalue weighted by Gasteiger charge is -2.13. The molecule has 1 aromatic heterocycles. The second-order valence-electron chi connectivity index (χ2n) is 4.59. The van der Waals surface area contributed by atoms with Crippen LogP contribution < -0.4 is 5.32 Å². The molecule has 0 aliphatic heterocycles. The Balaban J connectivity index is 1.94. The van der Waals surface area contributed by atoms with E-state index in [0.717, 1.165) is 24.3 Å². The van der Waals surface area contributed by atoms with Crippen LogP contribution in [0.1, 0.15) is 23.0 Å². The Hall–Kier alpha value is -2.77. The van der Waals surface area contributed by atoms with Crippen molar-refractivity contribution in [3.63, 3.8) is 0 Å². The Morgan fingerprint density at radius 2 is 1.83 bits per heavy atom. The van der Waals surface area contributed by atoms with Crippen molar-refractivity contribution >= 4 is 17.6 Å². The smallest absolute Gasteiger partial charge is 0.416 e. The summed E-state index contributed by atoms with van der Waals surface area (Å²) in [4.78, 5) is 23.5. The number of ether oxygens (including phenoxy) is 1. The number of benzene rings is 1. The first kappa shape index (κ1) is 16.6. The third-order valence-electron chi connectivity index (χ3n) is 2.86. The number of halogens is 3. The topological polar surface area (TPSA) is 68.5 Å². The van der Waals surface area contributed by atoms with Crippen LogP contribution in [-0.2, 0) is 15.7 Å². The van der Waals surface area contributed by atoms with Gasteiger partial charge in [0.1, 0.15) is 0 Å². The molecule has 1 atom stereocenters. The van der Waals surface area contributed by atoms with Crippen LogP contribution in [0.5, 0.6) is 0 Å². The predicted octanol–water partition coefficient (Wildman–Crippen LogP) is 3.48. The molecular weight excluding hydrogens is 315 g/mol. The van der Waals surface area contributed by atoms with Crippen molar-refractivity contribution in [2.45, 2.75) is 19.2 Å². The zero-order valence-corrected chi connectivity index (χ0v) is 11.9. The highest BCUT2D eigenvalue weighted by atomic mass is 19.4. The van der Waals surface area contributed by atoms with Gasteiger partial charge in [0.2, 0.25) is 5.76 Å². The van der Waals surface area contributed by atoms with Crippen LogP contribution >= 0.6 is 0 Å².